The molecule has 4 N–H and O–H groups in total. The zero-order valence-corrected chi connectivity index (χ0v) is 9.67. The van der Waals surface area contributed by atoms with Gasteiger partial charge in [-0.3, -0.25) is 14.4 Å². The lowest BCUT2D eigenvalue weighted by molar-refractivity contribution is -0.138. The molecule has 0 aromatic heterocycles. The van der Waals surface area contributed by atoms with E-state index in [-0.39, 0.29) is 5.56 Å². The summed E-state index contributed by atoms with van der Waals surface area (Å²) in [5, 5.41) is 18.1. The lowest BCUT2D eigenvalue weighted by atomic mass is 10.1. The molecular formula is C11H11FN2O5. The number of carbonyl (C=O) groups is 3. The summed E-state index contributed by atoms with van der Waals surface area (Å²) in [6.07, 6.45) is 0. The summed E-state index contributed by atoms with van der Waals surface area (Å²) in [5.74, 6) is -4.59. The molecule has 0 heterocycles. The van der Waals surface area contributed by atoms with Gasteiger partial charge >= 0.3 is 5.97 Å². The first-order valence-electron chi connectivity index (χ1n) is 5.09. The van der Waals surface area contributed by atoms with Gasteiger partial charge in [0.1, 0.15) is 24.7 Å². The number of carboxylic acids is 1. The Bertz CT molecular complexity index is 516. The molecule has 8 heteroatoms. The SMILES string of the molecule is NC(=O)CN(CC(=O)O)C(=O)c1ccc(F)cc1O. The molecule has 0 aliphatic heterocycles. The molecule has 0 spiro atoms. The number of phenolic OH excluding ortho intramolecular Hbond substituents is 1. The molecule has 19 heavy (non-hydrogen) atoms. The van der Waals surface area contributed by atoms with Gasteiger partial charge in [0.25, 0.3) is 5.91 Å². The second kappa shape index (κ2) is 5.80. The predicted octanol–water partition coefficient (Wildman–Crippen LogP) is -0.457. The third kappa shape index (κ3) is 3.95. The minimum Gasteiger partial charge on any atom is -0.507 e. The van der Waals surface area contributed by atoms with Gasteiger partial charge < -0.3 is 20.8 Å². The highest BCUT2D eigenvalue weighted by Crippen LogP contribution is 2.19. The zero-order chi connectivity index (χ0) is 14.6. The van der Waals surface area contributed by atoms with Crippen LogP contribution in [-0.2, 0) is 9.59 Å². The van der Waals surface area contributed by atoms with Crippen molar-refractivity contribution in [2.24, 2.45) is 5.73 Å². The highest BCUT2D eigenvalue weighted by molar-refractivity contribution is 5.99. The molecule has 102 valence electrons. The lowest BCUT2D eigenvalue weighted by Crippen LogP contribution is -2.41. The molecule has 1 rings (SSSR count). The zero-order valence-electron chi connectivity index (χ0n) is 9.67. The number of nitrogens with two attached hydrogens (primary N) is 1. The van der Waals surface area contributed by atoms with E-state index in [1.165, 1.54) is 0 Å². The van der Waals surface area contributed by atoms with Crippen molar-refractivity contribution in [3.8, 4) is 5.75 Å². The Labute approximate surface area is 107 Å². The molecule has 7 nitrogen and oxygen atoms in total. The topological polar surface area (TPSA) is 121 Å². The van der Waals surface area contributed by atoms with Crippen molar-refractivity contribution in [1.82, 2.24) is 4.90 Å². The number of amides is 2. The maximum atomic E-state index is 12.8. The fraction of sp³-hybridized carbons (Fsp3) is 0.182. The minimum absolute atomic E-state index is 0.316. The van der Waals surface area contributed by atoms with Gasteiger partial charge in [0.2, 0.25) is 5.91 Å². The van der Waals surface area contributed by atoms with Gasteiger partial charge in [-0.15, -0.1) is 0 Å². The number of phenols is 1. The number of benzene rings is 1. The average Bonchev–Trinajstić information content (AvgIpc) is 2.26. The molecule has 0 saturated heterocycles. The number of carbonyl (C=O) groups excluding carboxylic acids is 2. The van der Waals surface area contributed by atoms with Crippen molar-refractivity contribution in [2.45, 2.75) is 0 Å². The molecule has 1 aromatic carbocycles. The third-order valence-corrected chi connectivity index (χ3v) is 2.15. The molecule has 0 aliphatic rings. The molecule has 0 unspecified atom stereocenters. The van der Waals surface area contributed by atoms with Crippen LogP contribution < -0.4 is 5.73 Å². The number of primary amides is 1. The quantitative estimate of drug-likeness (QED) is 0.668. The van der Waals surface area contributed by atoms with Crippen LogP contribution in [0.4, 0.5) is 4.39 Å². The maximum absolute atomic E-state index is 12.8. The second-order valence-electron chi connectivity index (χ2n) is 3.68. The van der Waals surface area contributed by atoms with Crippen molar-refractivity contribution in [1.29, 1.82) is 0 Å². The number of aliphatic carboxylic acids is 1. The number of rotatable bonds is 5. The molecule has 0 radical (unpaired) electrons. The Morgan fingerprint density at radius 2 is 1.89 bits per heavy atom. The Balaban J connectivity index is 3.04. The van der Waals surface area contributed by atoms with Crippen LogP contribution >= 0.6 is 0 Å². The largest absolute Gasteiger partial charge is 0.507 e. The van der Waals surface area contributed by atoms with Gasteiger partial charge in [0, 0.05) is 6.07 Å². The van der Waals surface area contributed by atoms with Crippen LogP contribution in [0.25, 0.3) is 0 Å². The predicted molar refractivity (Wildman–Crippen MR) is 60.8 cm³/mol. The smallest absolute Gasteiger partial charge is 0.323 e. The molecule has 0 aliphatic carbocycles. The highest BCUT2D eigenvalue weighted by Gasteiger charge is 2.22. The Kier molecular flexibility index (Phi) is 4.41. The third-order valence-electron chi connectivity index (χ3n) is 2.15. The number of carboxylic acid groups (broad SMARTS) is 1. The number of hydrogen-bond donors (Lipinski definition) is 3. The van der Waals surface area contributed by atoms with E-state index < -0.39 is 42.4 Å². The number of aromatic hydroxyl groups is 1. The van der Waals surface area contributed by atoms with Crippen LogP contribution in [-0.4, -0.2) is 46.0 Å². The molecule has 0 fully saturated rings. The van der Waals surface area contributed by atoms with E-state index in [1.807, 2.05) is 0 Å². The summed E-state index contributed by atoms with van der Waals surface area (Å²) in [7, 11) is 0. The normalized spacial score (nSPS) is 9.95. The molecular weight excluding hydrogens is 259 g/mol. The first-order valence-corrected chi connectivity index (χ1v) is 5.09. The molecule has 0 atom stereocenters. The van der Waals surface area contributed by atoms with E-state index >= 15 is 0 Å². The van der Waals surface area contributed by atoms with Gasteiger partial charge in [-0.1, -0.05) is 0 Å². The van der Waals surface area contributed by atoms with Crippen LogP contribution in [0.3, 0.4) is 0 Å². The van der Waals surface area contributed by atoms with E-state index in [2.05, 4.69) is 0 Å². The van der Waals surface area contributed by atoms with Gasteiger partial charge in [0.05, 0.1) is 5.56 Å². The van der Waals surface area contributed by atoms with E-state index in [1.54, 1.807) is 0 Å². The van der Waals surface area contributed by atoms with Gasteiger partial charge in [-0.25, -0.2) is 4.39 Å². The molecule has 0 bridgehead atoms. The molecule has 1 aromatic rings. The van der Waals surface area contributed by atoms with E-state index in [4.69, 9.17) is 10.8 Å². The summed E-state index contributed by atoms with van der Waals surface area (Å²) < 4.78 is 12.8. The van der Waals surface area contributed by atoms with E-state index in [0.717, 1.165) is 12.1 Å². The van der Waals surface area contributed by atoms with Crippen LogP contribution in [0.5, 0.6) is 5.75 Å². The fourth-order valence-corrected chi connectivity index (χ4v) is 1.41. The highest BCUT2D eigenvalue weighted by atomic mass is 19.1. The number of halogens is 1. The summed E-state index contributed by atoms with van der Waals surface area (Å²) >= 11 is 0. The van der Waals surface area contributed by atoms with E-state index in [9.17, 15) is 23.9 Å². The molecule has 2 amide bonds. The number of hydrogen-bond acceptors (Lipinski definition) is 4. The average molecular weight is 270 g/mol. The Hall–Kier alpha value is -2.64. The lowest BCUT2D eigenvalue weighted by Gasteiger charge is -2.19. The Morgan fingerprint density at radius 1 is 1.26 bits per heavy atom. The van der Waals surface area contributed by atoms with Crippen molar-refractivity contribution in [3.63, 3.8) is 0 Å². The first kappa shape index (κ1) is 14.4. The van der Waals surface area contributed by atoms with Crippen molar-refractivity contribution in [2.75, 3.05) is 13.1 Å². The maximum Gasteiger partial charge on any atom is 0.323 e. The van der Waals surface area contributed by atoms with Crippen molar-refractivity contribution >= 4 is 17.8 Å². The first-order chi connectivity index (χ1) is 8.81. The van der Waals surface area contributed by atoms with Crippen LogP contribution in [0.2, 0.25) is 0 Å². The Morgan fingerprint density at radius 3 is 2.37 bits per heavy atom. The summed E-state index contributed by atoms with van der Waals surface area (Å²) in [6, 6.07) is 2.62. The van der Waals surface area contributed by atoms with Gasteiger partial charge in [-0.2, -0.15) is 0 Å². The van der Waals surface area contributed by atoms with Crippen molar-refractivity contribution < 1.29 is 29.0 Å². The summed E-state index contributed by atoms with van der Waals surface area (Å²) in [4.78, 5) is 33.9. The molecule has 0 saturated carbocycles. The van der Waals surface area contributed by atoms with Crippen LogP contribution in [0.1, 0.15) is 10.4 Å². The standard InChI is InChI=1S/C11H11FN2O5/c12-6-1-2-7(8(15)3-6)11(19)14(4-9(13)16)5-10(17)18/h1-3,15H,4-5H2,(H2,13,16)(H,17,18). The summed E-state index contributed by atoms with van der Waals surface area (Å²) in [6.45, 7) is -1.39. The number of nitrogens with zero attached hydrogens (tertiary/aromatic N) is 1. The van der Waals surface area contributed by atoms with Gasteiger partial charge in [-0.05, 0) is 12.1 Å². The second-order valence-corrected chi connectivity index (χ2v) is 3.68. The van der Waals surface area contributed by atoms with Crippen LogP contribution in [0.15, 0.2) is 18.2 Å². The van der Waals surface area contributed by atoms with Crippen LogP contribution in [0, 0.1) is 5.82 Å². The van der Waals surface area contributed by atoms with E-state index in [0.29, 0.717) is 11.0 Å². The van der Waals surface area contributed by atoms with Gasteiger partial charge in [0.15, 0.2) is 0 Å². The fourth-order valence-electron chi connectivity index (χ4n) is 1.41. The van der Waals surface area contributed by atoms with Crippen molar-refractivity contribution in [3.05, 3.63) is 29.6 Å². The summed E-state index contributed by atoms with van der Waals surface area (Å²) in [5.41, 5.74) is 4.58. The minimum atomic E-state index is -1.35. The monoisotopic (exact) mass is 270 g/mol.